The zero-order chi connectivity index (χ0) is 19.0. The maximum atomic E-state index is 13.3. The van der Waals surface area contributed by atoms with Gasteiger partial charge in [-0.15, -0.1) is 16.4 Å². The van der Waals surface area contributed by atoms with E-state index in [1.54, 1.807) is 21.7 Å². The third kappa shape index (κ3) is 3.63. The van der Waals surface area contributed by atoms with Crippen LogP contribution in [0.15, 0.2) is 41.8 Å². The molecule has 2 atom stereocenters. The number of halogens is 1. The normalized spacial score (nSPS) is 20.0. The Morgan fingerprint density at radius 2 is 1.89 bits per heavy atom. The zero-order valence-corrected chi connectivity index (χ0v) is 15.8. The second-order valence-corrected chi connectivity index (χ2v) is 7.54. The molecule has 2 aromatic heterocycles. The third-order valence-corrected chi connectivity index (χ3v) is 5.18. The van der Waals surface area contributed by atoms with Gasteiger partial charge in [0.2, 0.25) is 5.82 Å². The standard InChI is InChI=1S/C19H19FN4O2S/c1-12-10-23(11-13(2)26-12)19(25)17-21-18(16-4-3-9-27-16)24(22-17)15-7-5-14(20)6-8-15/h3-9,12-13H,10-11H2,1-2H3. The van der Waals surface area contributed by atoms with Crippen LogP contribution in [0.4, 0.5) is 4.39 Å². The van der Waals surface area contributed by atoms with Gasteiger partial charge in [0, 0.05) is 13.1 Å². The molecular weight excluding hydrogens is 367 g/mol. The van der Waals surface area contributed by atoms with Crippen molar-refractivity contribution >= 4 is 17.2 Å². The summed E-state index contributed by atoms with van der Waals surface area (Å²) in [6.07, 6.45) is -0.0673. The fraction of sp³-hybridized carbons (Fsp3) is 0.316. The number of carbonyl (C=O) groups is 1. The molecule has 140 valence electrons. The van der Waals surface area contributed by atoms with Gasteiger partial charge in [0.1, 0.15) is 5.82 Å². The van der Waals surface area contributed by atoms with Crippen molar-refractivity contribution in [3.63, 3.8) is 0 Å². The van der Waals surface area contributed by atoms with Crippen LogP contribution in [-0.2, 0) is 4.74 Å². The minimum atomic E-state index is -0.330. The van der Waals surface area contributed by atoms with Gasteiger partial charge in [-0.1, -0.05) is 6.07 Å². The molecule has 27 heavy (non-hydrogen) atoms. The number of benzene rings is 1. The van der Waals surface area contributed by atoms with E-state index >= 15 is 0 Å². The van der Waals surface area contributed by atoms with E-state index in [4.69, 9.17) is 4.74 Å². The van der Waals surface area contributed by atoms with Crippen LogP contribution in [-0.4, -0.2) is 50.9 Å². The van der Waals surface area contributed by atoms with Crippen LogP contribution in [0.5, 0.6) is 0 Å². The van der Waals surface area contributed by atoms with E-state index in [1.165, 1.54) is 23.5 Å². The summed E-state index contributed by atoms with van der Waals surface area (Å²) in [5.41, 5.74) is 0.648. The lowest BCUT2D eigenvalue weighted by atomic mass is 10.2. The summed E-state index contributed by atoms with van der Waals surface area (Å²) in [6, 6.07) is 9.80. The number of aromatic nitrogens is 3. The second-order valence-electron chi connectivity index (χ2n) is 6.59. The first kappa shape index (κ1) is 17.8. The van der Waals surface area contributed by atoms with Gasteiger partial charge in [-0.25, -0.2) is 14.1 Å². The number of morpholine rings is 1. The number of nitrogens with zero attached hydrogens (tertiary/aromatic N) is 4. The number of amides is 1. The van der Waals surface area contributed by atoms with Crippen LogP contribution in [0.2, 0.25) is 0 Å². The third-order valence-electron chi connectivity index (χ3n) is 4.32. The Morgan fingerprint density at radius 3 is 2.52 bits per heavy atom. The Balaban J connectivity index is 1.73. The monoisotopic (exact) mass is 386 g/mol. The highest BCUT2D eigenvalue weighted by atomic mass is 32.1. The minimum absolute atomic E-state index is 0.0337. The first-order valence-electron chi connectivity index (χ1n) is 8.73. The van der Waals surface area contributed by atoms with Crippen molar-refractivity contribution in [1.82, 2.24) is 19.7 Å². The molecule has 0 radical (unpaired) electrons. The van der Waals surface area contributed by atoms with E-state index in [0.29, 0.717) is 24.6 Å². The van der Waals surface area contributed by atoms with Crippen molar-refractivity contribution < 1.29 is 13.9 Å². The molecule has 0 N–H and O–H groups in total. The molecule has 8 heteroatoms. The molecule has 1 amide bonds. The summed E-state index contributed by atoms with van der Waals surface area (Å²) in [5.74, 6) is 0.137. The maximum absolute atomic E-state index is 13.3. The predicted molar refractivity (Wildman–Crippen MR) is 101 cm³/mol. The zero-order valence-electron chi connectivity index (χ0n) is 15.0. The largest absolute Gasteiger partial charge is 0.372 e. The molecule has 1 fully saturated rings. The minimum Gasteiger partial charge on any atom is -0.372 e. The van der Waals surface area contributed by atoms with E-state index in [9.17, 15) is 9.18 Å². The first-order chi connectivity index (χ1) is 13.0. The van der Waals surface area contributed by atoms with Crippen LogP contribution >= 0.6 is 11.3 Å². The van der Waals surface area contributed by atoms with Crippen LogP contribution in [0.3, 0.4) is 0 Å². The Morgan fingerprint density at radius 1 is 1.19 bits per heavy atom. The molecule has 1 aromatic carbocycles. The van der Waals surface area contributed by atoms with Crippen LogP contribution in [0.1, 0.15) is 24.5 Å². The van der Waals surface area contributed by atoms with Crippen molar-refractivity contribution in [2.24, 2.45) is 0 Å². The van der Waals surface area contributed by atoms with Crippen LogP contribution in [0, 0.1) is 5.82 Å². The van der Waals surface area contributed by atoms with E-state index in [0.717, 1.165) is 4.88 Å². The molecule has 1 saturated heterocycles. The molecule has 0 bridgehead atoms. The van der Waals surface area contributed by atoms with Crippen molar-refractivity contribution in [1.29, 1.82) is 0 Å². The summed E-state index contributed by atoms with van der Waals surface area (Å²) >= 11 is 1.51. The molecule has 1 aliphatic heterocycles. The second kappa shape index (κ2) is 7.21. The van der Waals surface area contributed by atoms with Crippen molar-refractivity contribution in [2.45, 2.75) is 26.1 Å². The van der Waals surface area contributed by atoms with E-state index in [-0.39, 0.29) is 29.8 Å². The average Bonchev–Trinajstić information content (AvgIpc) is 3.30. The Hall–Kier alpha value is -2.58. The molecule has 0 aliphatic carbocycles. The number of hydrogen-bond donors (Lipinski definition) is 0. The van der Waals surface area contributed by atoms with Gasteiger partial charge < -0.3 is 9.64 Å². The lowest BCUT2D eigenvalue weighted by Crippen LogP contribution is -2.48. The lowest BCUT2D eigenvalue weighted by Gasteiger charge is -2.34. The molecule has 0 saturated carbocycles. The maximum Gasteiger partial charge on any atom is 0.293 e. The van der Waals surface area contributed by atoms with Gasteiger partial charge in [-0.2, -0.15) is 0 Å². The lowest BCUT2D eigenvalue weighted by molar-refractivity contribution is -0.0588. The highest BCUT2D eigenvalue weighted by Crippen LogP contribution is 2.26. The van der Waals surface area contributed by atoms with Gasteiger partial charge in [0.15, 0.2) is 5.82 Å². The summed E-state index contributed by atoms with van der Waals surface area (Å²) in [5, 5.41) is 6.39. The smallest absolute Gasteiger partial charge is 0.293 e. The molecule has 3 heterocycles. The average molecular weight is 386 g/mol. The fourth-order valence-electron chi connectivity index (χ4n) is 3.22. The molecule has 2 unspecified atom stereocenters. The van der Waals surface area contributed by atoms with Gasteiger partial charge in [-0.05, 0) is 49.6 Å². The summed E-state index contributed by atoms with van der Waals surface area (Å²) < 4.78 is 20.6. The predicted octanol–water partition coefficient (Wildman–Crippen LogP) is 3.38. The molecule has 0 spiro atoms. The highest BCUT2D eigenvalue weighted by Gasteiger charge is 2.30. The molecular formula is C19H19FN4O2S. The molecule has 6 nitrogen and oxygen atoms in total. The van der Waals surface area contributed by atoms with Gasteiger partial charge in [0.05, 0.1) is 22.8 Å². The van der Waals surface area contributed by atoms with E-state index in [1.807, 2.05) is 31.4 Å². The topological polar surface area (TPSA) is 60.2 Å². The van der Waals surface area contributed by atoms with E-state index < -0.39 is 0 Å². The Labute approximate surface area is 160 Å². The summed E-state index contributed by atoms with van der Waals surface area (Å²) in [7, 11) is 0. The van der Waals surface area contributed by atoms with Gasteiger partial charge >= 0.3 is 0 Å². The number of thiophene rings is 1. The summed E-state index contributed by atoms with van der Waals surface area (Å²) in [6.45, 7) is 4.89. The van der Waals surface area contributed by atoms with Crippen molar-refractivity contribution in [2.75, 3.05) is 13.1 Å². The van der Waals surface area contributed by atoms with Gasteiger partial charge in [-0.3, -0.25) is 4.79 Å². The highest BCUT2D eigenvalue weighted by molar-refractivity contribution is 7.13. The van der Waals surface area contributed by atoms with Crippen LogP contribution in [0.25, 0.3) is 16.4 Å². The molecule has 3 aromatic rings. The number of rotatable bonds is 3. The Kier molecular flexibility index (Phi) is 4.75. The number of carbonyl (C=O) groups excluding carboxylic acids is 1. The summed E-state index contributed by atoms with van der Waals surface area (Å²) in [4.78, 5) is 20.1. The Bertz CT molecular complexity index is 929. The van der Waals surface area contributed by atoms with Crippen molar-refractivity contribution in [3.05, 3.63) is 53.4 Å². The quantitative estimate of drug-likeness (QED) is 0.692. The van der Waals surface area contributed by atoms with Crippen LogP contribution < -0.4 is 0 Å². The number of ether oxygens (including phenoxy) is 1. The van der Waals surface area contributed by atoms with Crippen molar-refractivity contribution in [3.8, 4) is 16.4 Å². The van der Waals surface area contributed by atoms with Gasteiger partial charge in [0.25, 0.3) is 5.91 Å². The fourth-order valence-corrected chi connectivity index (χ4v) is 3.91. The molecule has 4 rings (SSSR count). The first-order valence-corrected chi connectivity index (χ1v) is 9.61. The van der Waals surface area contributed by atoms with E-state index in [2.05, 4.69) is 10.1 Å². The SMILES string of the molecule is CC1CN(C(=O)c2nc(-c3cccs3)n(-c3ccc(F)cc3)n2)CC(C)O1. The number of hydrogen-bond acceptors (Lipinski definition) is 5. The molecule has 1 aliphatic rings.